The molecule has 1 aliphatic rings. The van der Waals surface area contributed by atoms with Crippen molar-refractivity contribution in [1.82, 2.24) is 10.2 Å². The Morgan fingerprint density at radius 3 is 2.47 bits per heavy atom. The maximum atomic E-state index is 9.02. The van der Waals surface area contributed by atoms with Crippen LogP contribution in [-0.4, -0.2) is 48.3 Å². The summed E-state index contributed by atoms with van der Waals surface area (Å²) in [6.45, 7) is 15.2. The molecule has 1 aliphatic heterocycles. The third-order valence-corrected chi connectivity index (χ3v) is 3.99. The van der Waals surface area contributed by atoms with E-state index in [1.807, 2.05) is 0 Å². The van der Waals surface area contributed by atoms with Gasteiger partial charge in [0.1, 0.15) is 0 Å². The Balaban J connectivity index is 2.49. The highest BCUT2D eigenvalue weighted by atomic mass is 16.2. The lowest BCUT2D eigenvalue weighted by molar-refractivity contribution is 0.0994. The Bertz CT molecular complexity index is 248. The first-order chi connectivity index (χ1) is 8.81. The Morgan fingerprint density at radius 1 is 1.26 bits per heavy atom. The van der Waals surface area contributed by atoms with E-state index in [0.29, 0.717) is 24.1 Å². The maximum Gasteiger partial charge on any atom is 0.0431 e. The van der Waals surface area contributed by atoms with Crippen molar-refractivity contribution in [2.45, 2.75) is 66.0 Å². The van der Waals surface area contributed by atoms with Crippen LogP contribution in [0.25, 0.3) is 0 Å². The minimum Gasteiger partial charge on any atom is -0.396 e. The topological polar surface area (TPSA) is 35.5 Å². The second-order valence-electron chi connectivity index (χ2n) is 7.65. The fraction of sp³-hybridized carbons (Fsp3) is 1.00. The molecule has 1 saturated heterocycles. The standard InChI is InChI=1S/C16H34N2O/c1-13(2)18-10-14(7-6-8-19)9-15(11-18)17-12-16(3,4)5/h13-15,17,19H,6-12H2,1-5H3. The van der Waals surface area contributed by atoms with Gasteiger partial charge in [-0.3, -0.25) is 4.90 Å². The summed E-state index contributed by atoms with van der Waals surface area (Å²) in [6, 6.07) is 1.23. The molecule has 2 N–H and O–H groups in total. The molecule has 2 unspecified atom stereocenters. The molecule has 1 heterocycles. The summed E-state index contributed by atoms with van der Waals surface area (Å²) in [6.07, 6.45) is 3.37. The van der Waals surface area contributed by atoms with Crippen LogP contribution < -0.4 is 5.32 Å². The SMILES string of the molecule is CC(C)N1CC(CCCO)CC(NCC(C)(C)C)C1. The van der Waals surface area contributed by atoms with Gasteiger partial charge in [0.2, 0.25) is 0 Å². The molecule has 0 aromatic heterocycles. The largest absolute Gasteiger partial charge is 0.396 e. The van der Waals surface area contributed by atoms with Crippen molar-refractivity contribution >= 4 is 0 Å². The molecular weight excluding hydrogens is 236 g/mol. The third kappa shape index (κ3) is 6.73. The van der Waals surface area contributed by atoms with E-state index in [2.05, 4.69) is 44.8 Å². The van der Waals surface area contributed by atoms with Crippen LogP contribution in [-0.2, 0) is 0 Å². The van der Waals surface area contributed by atoms with Gasteiger partial charge in [-0.1, -0.05) is 20.8 Å². The third-order valence-electron chi connectivity index (χ3n) is 3.99. The van der Waals surface area contributed by atoms with E-state index in [1.165, 1.54) is 19.5 Å². The molecule has 114 valence electrons. The molecule has 3 nitrogen and oxygen atoms in total. The van der Waals surface area contributed by atoms with E-state index in [0.717, 1.165) is 25.3 Å². The molecule has 0 saturated carbocycles. The van der Waals surface area contributed by atoms with Crippen LogP contribution >= 0.6 is 0 Å². The van der Waals surface area contributed by atoms with Crippen molar-refractivity contribution in [3.63, 3.8) is 0 Å². The van der Waals surface area contributed by atoms with Crippen LogP contribution in [0.2, 0.25) is 0 Å². The van der Waals surface area contributed by atoms with Crippen molar-refractivity contribution in [3.05, 3.63) is 0 Å². The molecule has 0 radical (unpaired) electrons. The normalized spacial score (nSPS) is 26.1. The monoisotopic (exact) mass is 270 g/mol. The van der Waals surface area contributed by atoms with Gasteiger partial charge in [0.15, 0.2) is 0 Å². The smallest absolute Gasteiger partial charge is 0.0431 e. The Labute approximate surface area is 119 Å². The van der Waals surface area contributed by atoms with Crippen molar-refractivity contribution < 1.29 is 5.11 Å². The zero-order valence-corrected chi connectivity index (χ0v) is 13.6. The van der Waals surface area contributed by atoms with Crippen LogP contribution in [0.4, 0.5) is 0 Å². The van der Waals surface area contributed by atoms with E-state index in [9.17, 15) is 0 Å². The highest BCUT2D eigenvalue weighted by Crippen LogP contribution is 2.23. The van der Waals surface area contributed by atoms with Crippen LogP contribution in [0.5, 0.6) is 0 Å². The molecule has 0 amide bonds. The number of hydrogen-bond donors (Lipinski definition) is 2. The van der Waals surface area contributed by atoms with Crippen molar-refractivity contribution in [2.24, 2.45) is 11.3 Å². The van der Waals surface area contributed by atoms with Gasteiger partial charge in [0.25, 0.3) is 0 Å². The second-order valence-corrected chi connectivity index (χ2v) is 7.65. The summed E-state index contributed by atoms with van der Waals surface area (Å²) in [5, 5.41) is 12.8. The molecule has 1 rings (SSSR count). The van der Waals surface area contributed by atoms with Gasteiger partial charge in [-0.05, 0) is 44.4 Å². The van der Waals surface area contributed by atoms with Gasteiger partial charge >= 0.3 is 0 Å². The molecule has 0 aliphatic carbocycles. The average Bonchev–Trinajstić information content (AvgIpc) is 2.32. The molecule has 0 aromatic rings. The zero-order valence-electron chi connectivity index (χ0n) is 13.6. The maximum absolute atomic E-state index is 9.02. The quantitative estimate of drug-likeness (QED) is 0.778. The minimum atomic E-state index is 0.332. The van der Waals surface area contributed by atoms with Crippen LogP contribution in [0, 0.1) is 11.3 Å². The predicted octanol–water partition coefficient (Wildman–Crippen LogP) is 2.49. The molecule has 0 aromatic carbocycles. The van der Waals surface area contributed by atoms with Crippen molar-refractivity contribution in [3.8, 4) is 0 Å². The molecule has 2 atom stereocenters. The average molecular weight is 270 g/mol. The van der Waals surface area contributed by atoms with Gasteiger partial charge in [-0.2, -0.15) is 0 Å². The summed E-state index contributed by atoms with van der Waals surface area (Å²) in [7, 11) is 0. The Hall–Kier alpha value is -0.120. The molecular formula is C16H34N2O. The molecule has 19 heavy (non-hydrogen) atoms. The highest BCUT2D eigenvalue weighted by Gasteiger charge is 2.28. The lowest BCUT2D eigenvalue weighted by atomic mass is 9.88. The fourth-order valence-corrected chi connectivity index (χ4v) is 2.85. The van der Waals surface area contributed by atoms with Gasteiger partial charge in [0, 0.05) is 38.3 Å². The summed E-state index contributed by atoms with van der Waals surface area (Å²) in [4.78, 5) is 2.59. The lowest BCUT2D eigenvalue weighted by Crippen LogP contribution is -2.52. The summed E-state index contributed by atoms with van der Waals surface area (Å²) < 4.78 is 0. The van der Waals surface area contributed by atoms with E-state index in [-0.39, 0.29) is 0 Å². The van der Waals surface area contributed by atoms with Crippen LogP contribution in [0.3, 0.4) is 0 Å². The number of rotatable bonds is 6. The van der Waals surface area contributed by atoms with E-state index >= 15 is 0 Å². The van der Waals surface area contributed by atoms with Gasteiger partial charge in [-0.15, -0.1) is 0 Å². The molecule has 1 fully saturated rings. The van der Waals surface area contributed by atoms with E-state index in [1.54, 1.807) is 0 Å². The fourth-order valence-electron chi connectivity index (χ4n) is 2.85. The number of likely N-dealkylation sites (tertiary alicyclic amines) is 1. The first kappa shape index (κ1) is 16.9. The number of aliphatic hydroxyl groups is 1. The summed E-state index contributed by atoms with van der Waals surface area (Å²) >= 11 is 0. The van der Waals surface area contributed by atoms with Crippen LogP contribution in [0.1, 0.15) is 53.9 Å². The first-order valence-electron chi connectivity index (χ1n) is 7.90. The first-order valence-corrected chi connectivity index (χ1v) is 7.90. The second kappa shape index (κ2) is 7.61. The van der Waals surface area contributed by atoms with E-state index in [4.69, 9.17) is 5.11 Å². The van der Waals surface area contributed by atoms with Crippen molar-refractivity contribution in [2.75, 3.05) is 26.2 Å². The number of nitrogens with one attached hydrogen (secondary N) is 1. The van der Waals surface area contributed by atoms with Crippen molar-refractivity contribution in [1.29, 1.82) is 0 Å². The van der Waals surface area contributed by atoms with Gasteiger partial charge in [-0.25, -0.2) is 0 Å². The van der Waals surface area contributed by atoms with Crippen LogP contribution in [0.15, 0.2) is 0 Å². The summed E-state index contributed by atoms with van der Waals surface area (Å²) in [5.41, 5.74) is 0.348. The number of hydrogen-bond acceptors (Lipinski definition) is 3. The van der Waals surface area contributed by atoms with Gasteiger partial charge < -0.3 is 10.4 Å². The zero-order chi connectivity index (χ0) is 14.5. The highest BCUT2D eigenvalue weighted by molar-refractivity contribution is 4.86. The number of aliphatic hydroxyl groups excluding tert-OH is 1. The van der Waals surface area contributed by atoms with Gasteiger partial charge in [0.05, 0.1) is 0 Å². The number of nitrogens with zero attached hydrogens (tertiary/aromatic N) is 1. The summed E-state index contributed by atoms with van der Waals surface area (Å²) in [5.74, 6) is 0.737. The van der Waals surface area contributed by atoms with E-state index < -0.39 is 0 Å². The molecule has 0 bridgehead atoms. The molecule has 0 spiro atoms. The Morgan fingerprint density at radius 2 is 1.95 bits per heavy atom. The predicted molar refractivity (Wildman–Crippen MR) is 82.4 cm³/mol. The number of piperidine rings is 1. The lowest BCUT2D eigenvalue weighted by Gasteiger charge is -2.41. The molecule has 3 heteroatoms. The minimum absolute atomic E-state index is 0.332. The Kier molecular flexibility index (Phi) is 6.78.